The molecule has 3 N–H and O–H groups in total. The van der Waals surface area contributed by atoms with Crippen LogP contribution in [0.3, 0.4) is 0 Å². The summed E-state index contributed by atoms with van der Waals surface area (Å²) in [5, 5.41) is 16.6. The Bertz CT molecular complexity index is 1150. The Morgan fingerprint density at radius 1 is 0.971 bits per heavy atom. The van der Waals surface area contributed by atoms with Crippen LogP contribution in [0, 0.1) is 0 Å². The molecule has 0 radical (unpaired) electrons. The Morgan fingerprint density at radius 3 is 2.20 bits per heavy atom. The van der Waals surface area contributed by atoms with E-state index in [-0.39, 0.29) is 31.4 Å². The zero-order valence-electron chi connectivity index (χ0n) is 19.4. The summed E-state index contributed by atoms with van der Waals surface area (Å²) in [5.74, 6) is -1.58. The maximum absolute atomic E-state index is 13.0. The lowest BCUT2D eigenvalue weighted by atomic mass is 9.98. The van der Waals surface area contributed by atoms with Crippen LogP contribution in [0.2, 0.25) is 0 Å². The van der Waals surface area contributed by atoms with Crippen LogP contribution in [0.1, 0.15) is 54.1 Å². The van der Waals surface area contributed by atoms with Crippen LogP contribution in [0.25, 0.3) is 11.1 Å². The van der Waals surface area contributed by atoms with Crippen LogP contribution in [0.4, 0.5) is 4.79 Å². The minimum Gasteiger partial charge on any atom is -0.481 e. The molecule has 35 heavy (non-hydrogen) atoms. The van der Waals surface area contributed by atoms with Crippen LogP contribution in [-0.2, 0) is 14.3 Å². The molecule has 182 valence electrons. The third-order valence-electron chi connectivity index (χ3n) is 6.21. The first-order chi connectivity index (χ1) is 17.0. The first-order valence-corrected chi connectivity index (χ1v) is 12.5. The number of nitrogens with one attached hydrogen (secondary N) is 2. The molecule has 0 fully saturated rings. The van der Waals surface area contributed by atoms with Crippen molar-refractivity contribution in [1.29, 1.82) is 0 Å². The van der Waals surface area contributed by atoms with Crippen LogP contribution in [-0.4, -0.2) is 35.7 Å². The van der Waals surface area contributed by atoms with Gasteiger partial charge in [-0.3, -0.25) is 9.59 Å². The van der Waals surface area contributed by atoms with E-state index in [9.17, 15) is 14.4 Å². The predicted octanol–water partition coefficient (Wildman–Crippen LogP) is 5.09. The summed E-state index contributed by atoms with van der Waals surface area (Å²) in [4.78, 5) is 37.8. The summed E-state index contributed by atoms with van der Waals surface area (Å²) >= 11 is 1.53. The molecule has 0 spiro atoms. The number of carbonyl (C=O) groups is 3. The number of fused-ring (bicyclic) bond motifs is 3. The topological polar surface area (TPSA) is 105 Å². The molecule has 8 heteroatoms. The first kappa shape index (κ1) is 24.5. The number of carboxylic acid groups (broad SMARTS) is 1. The molecular formula is C27H28N2O5S. The number of aliphatic carboxylic acids is 1. The summed E-state index contributed by atoms with van der Waals surface area (Å²) in [6.45, 7) is 2.07. The third-order valence-corrected chi connectivity index (χ3v) is 7.20. The van der Waals surface area contributed by atoms with Gasteiger partial charge in [-0.25, -0.2) is 4.79 Å². The third kappa shape index (κ3) is 5.71. The van der Waals surface area contributed by atoms with Crippen molar-refractivity contribution in [3.63, 3.8) is 0 Å². The number of rotatable bonds is 10. The van der Waals surface area contributed by atoms with E-state index in [0.717, 1.165) is 27.1 Å². The van der Waals surface area contributed by atoms with Crippen molar-refractivity contribution in [2.45, 2.75) is 44.2 Å². The van der Waals surface area contributed by atoms with Gasteiger partial charge in [0, 0.05) is 17.2 Å². The predicted molar refractivity (Wildman–Crippen MR) is 134 cm³/mol. The van der Waals surface area contributed by atoms with E-state index < -0.39 is 24.0 Å². The number of thiophene rings is 1. The number of alkyl carbamates (subject to hydrolysis) is 1. The van der Waals surface area contributed by atoms with Gasteiger partial charge in [-0.15, -0.1) is 11.3 Å². The van der Waals surface area contributed by atoms with Gasteiger partial charge < -0.3 is 20.5 Å². The number of benzene rings is 2. The molecule has 1 aliphatic rings. The molecule has 4 rings (SSSR count). The van der Waals surface area contributed by atoms with Crippen LogP contribution in [0.15, 0.2) is 66.0 Å². The minimum atomic E-state index is -1.04. The van der Waals surface area contributed by atoms with E-state index in [1.165, 1.54) is 11.3 Å². The maximum atomic E-state index is 13.0. The van der Waals surface area contributed by atoms with Crippen molar-refractivity contribution in [2.75, 3.05) is 6.61 Å². The zero-order chi connectivity index (χ0) is 24.8. The second kappa shape index (κ2) is 11.2. The average molecular weight is 493 g/mol. The van der Waals surface area contributed by atoms with E-state index in [0.29, 0.717) is 6.42 Å². The maximum Gasteiger partial charge on any atom is 0.407 e. The lowest BCUT2D eigenvalue weighted by molar-refractivity contribution is -0.137. The average Bonchev–Trinajstić information content (AvgIpc) is 3.50. The van der Waals surface area contributed by atoms with Gasteiger partial charge in [0.1, 0.15) is 12.6 Å². The van der Waals surface area contributed by atoms with Crippen molar-refractivity contribution < 1.29 is 24.2 Å². The van der Waals surface area contributed by atoms with Crippen molar-refractivity contribution in [2.24, 2.45) is 0 Å². The van der Waals surface area contributed by atoms with Crippen molar-refractivity contribution >= 4 is 29.3 Å². The van der Waals surface area contributed by atoms with E-state index in [2.05, 4.69) is 22.8 Å². The molecule has 2 aromatic carbocycles. The summed E-state index contributed by atoms with van der Waals surface area (Å²) in [5.41, 5.74) is 4.41. The fourth-order valence-electron chi connectivity index (χ4n) is 4.46. The number of ether oxygens (including phenoxy) is 1. The van der Waals surface area contributed by atoms with Crippen LogP contribution in [0.5, 0.6) is 0 Å². The molecule has 0 aliphatic heterocycles. The number of carboxylic acids is 1. The Morgan fingerprint density at radius 2 is 1.63 bits per heavy atom. The molecule has 1 aliphatic carbocycles. The molecule has 0 saturated heterocycles. The van der Waals surface area contributed by atoms with Crippen molar-refractivity contribution in [1.82, 2.24) is 10.6 Å². The van der Waals surface area contributed by atoms with Gasteiger partial charge in [0.15, 0.2) is 0 Å². The Kier molecular flexibility index (Phi) is 7.82. The molecule has 0 saturated carbocycles. The molecule has 2 atom stereocenters. The number of hydrogen-bond acceptors (Lipinski definition) is 5. The quantitative estimate of drug-likeness (QED) is 0.366. The fourth-order valence-corrected chi connectivity index (χ4v) is 5.32. The second-order valence-electron chi connectivity index (χ2n) is 8.44. The Balaban J connectivity index is 1.42. The lowest BCUT2D eigenvalue weighted by Gasteiger charge is -2.22. The molecular weight excluding hydrogens is 464 g/mol. The smallest absolute Gasteiger partial charge is 0.407 e. The van der Waals surface area contributed by atoms with Gasteiger partial charge in [0.25, 0.3) is 0 Å². The largest absolute Gasteiger partial charge is 0.481 e. The van der Waals surface area contributed by atoms with Crippen LogP contribution >= 0.6 is 11.3 Å². The summed E-state index contributed by atoms with van der Waals surface area (Å²) in [6, 6.07) is 18.7. The van der Waals surface area contributed by atoms with Crippen molar-refractivity contribution in [3.05, 3.63) is 82.0 Å². The van der Waals surface area contributed by atoms with E-state index in [4.69, 9.17) is 9.84 Å². The van der Waals surface area contributed by atoms with Gasteiger partial charge in [-0.2, -0.15) is 0 Å². The standard InChI is InChI=1S/C27H28N2O5S/c1-2-22(24-12-7-15-35-24)28-26(32)23(13-14-25(30)31)29-27(33)34-16-21-19-10-5-3-8-17(19)18-9-4-6-11-20(18)21/h3-12,15,21-23H,2,13-14,16H2,1H3,(H,28,32)(H,29,33)(H,30,31). The van der Waals surface area contributed by atoms with Crippen molar-refractivity contribution in [3.8, 4) is 11.1 Å². The van der Waals surface area contributed by atoms with E-state index in [1.807, 2.05) is 60.8 Å². The molecule has 3 aromatic rings. The molecule has 0 bridgehead atoms. The number of amides is 2. The first-order valence-electron chi connectivity index (χ1n) is 11.6. The fraction of sp³-hybridized carbons (Fsp3) is 0.296. The van der Waals surface area contributed by atoms with Gasteiger partial charge in [-0.05, 0) is 46.5 Å². The highest BCUT2D eigenvalue weighted by Gasteiger charge is 2.30. The molecule has 2 unspecified atom stereocenters. The molecule has 2 amide bonds. The van der Waals surface area contributed by atoms with Gasteiger partial charge in [0.2, 0.25) is 5.91 Å². The lowest BCUT2D eigenvalue weighted by Crippen LogP contribution is -2.48. The highest BCUT2D eigenvalue weighted by molar-refractivity contribution is 7.10. The zero-order valence-corrected chi connectivity index (χ0v) is 20.2. The van der Waals surface area contributed by atoms with Gasteiger partial charge >= 0.3 is 12.1 Å². The molecule has 1 heterocycles. The highest BCUT2D eigenvalue weighted by atomic mass is 32.1. The Labute approximate surface area is 208 Å². The second-order valence-corrected chi connectivity index (χ2v) is 9.42. The number of carbonyl (C=O) groups excluding carboxylic acids is 2. The number of hydrogen-bond donors (Lipinski definition) is 3. The van der Waals surface area contributed by atoms with E-state index in [1.54, 1.807) is 0 Å². The molecule has 1 aromatic heterocycles. The normalized spacial score (nSPS) is 13.9. The monoisotopic (exact) mass is 492 g/mol. The highest BCUT2D eigenvalue weighted by Crippen LogP contribution is 2.44. The van der Waals surface area contributed by atoms with Crippen LogP contribution < -0.4 is 10.6 Å². The summed E-state index contributed by atoms with van der Waals surface area (Å²) in [7, 11) is 0. The van der Waals surface area contributed by atoms with E-state index >= 15 is 0 Å². The SMILES string of the molecule is CCC(NC(=O)C(CCC(=O)O)NC(=O)OCC1c2ccccc2-c2ccccc21)c1cccs1. The molecule has 7 nitrogen and oxygen atoms in total. The van der Waals surface area contributed by atoms with Gasteiger partial charge in [0.05, 0.1) is 6.04 Å². The summed E-state index contributed by atoms with van der Waals surface area (Å²) in [6.07, 6.45) is -0.367. The summed E-state index contributed by atoms with van der Waals surface area (Å²) < 4.78 is 5.56. The van der Waals surface area contributed by atoms with Gasteiger partial charge in [-0.1, -0.05) is 61.5 Å². The Hall–Kier alpha value is -3.65. The minimum absolute atomic E-state index is 0.0355.